The van der Waals surface area contributed by atoms with Crippen molar-refractivity contribution in [3.05, 3.63) is 35.9 Å². The van der Waals surface area contributed by atoms with E-state index in [0.717, 1.165) is 44.3 Å². The first-order chi connectivity index (χ1) is 10.2. The number of aliphatic hydroxyl groups is 1. The molecule has 0 spiro atoms. The van der Waals surface area contributed by atoms with E-state index in [4.69, 9.17) is 5.11 Å². The number of carboxylic acids is 1. The highest BCUT2D eigenvalue weighted by Gasteiger charge is 2.26. The predicted molar refractivity (Wildman–Crippen MR) is 82.1 cm³/mol. The van der Waals surface area contributed by atoms with E-state index in [1.165, 1.54) is 6.42 Å². The second-order valence-electron chi connectivity index (χ2n) is 5.85. The minimum atomic E-state index is -0.715. The van der Waals surface area contributed by atoms with Gasteiger partial charge in [-0.1, -0.05) is 30.3 Å². The summed E-state index contributed by atoms with van der Waals surface area (Å²) in [7, 11) is 0. The van der Waals surface area contributed by atoms with Gasteiger partial charge in [-0.3, -0.25) is 4.79 Å². The molecule has 0 bridgehead atoms. The van der Waals surface area contributed by atoms with Crippen LogP contribution < -0.4 is 0 Å². The summed E-state index contributed by atoms with van der Waals surface area (Å²) in [5.74, 6) is -0.715. The normalized spacial score (nSPS) is 20.5. The van der Waals surface area contributed by atoms with Crippen LogP contribution in [0, 0.1) is 0 Å². The lowest BCUT2D eigenvalue weighted by atomic mass is 10.0. The van der Waals surface area contributed by atoms with Gasteiger partial charge in [-0.15, -0.1) is 0 Å². The van der Waals surface area contributed by atoms with E-state index < -0.39 is 12.1 Å². The molecule has 1 fully saturated rings. The van der Waals surface area contributed by atoms with Crippen molar-refractivity contribution in [3.63, 3.8) is 0 Å². The van der Waals surface area contributed by atoms with E-state index in [-0.39, 0.29) is 6.42 Å². The Morgan fingerprint density at radius 1 is 1.29 bits per heavy atom. The second-order valence-corrected chi connectivity index (χ2v) is 5.85. The first kappa shape index (κ1) is 16.0. The lowest BCUT2D eigenvalue weighted by Gasteiger charge is -2.26. The number of benzene rings is 1. The van der Waals surface area contributed by atoms with Crippen LogP contribution >= 0.6 is 0 Å². The number of hydrogen-bond donors (Lipinski definition) is 2. The predicted octanol–water partition coefficient (Wildman–Crippen LogP) is 2.83. The third kappa shape index (κ3) is 5.14. The third-order valence-corrected chi connectivity index (χ3v) is 4.26. The van der Waals surface area contributed by atoms with Gasteiger partial charge < -0.3 is 15.1 Å². The Bertz CT molecular complexity index is 435. The Labute approximate surface area is 126 Å². The van der Waals surface area contributed by atoms with E-state index in [1.54, 1.807) is 0 Å². The Morgan fingerprint density at radius 3 is 2.76 bits per heavy atom. The molecule has 1 aliphatic rings. The van der Waals surface area contributed by atoms with E-state index in [9.17, 15) is 9.90 Å². The van der Waals surface area contributed by atoms with Gasteiger partial charge in [0.15, 0.2) is 0 Å². The molecule has 4 heteroatoms. The SMILES string of the molecule is O=C(O)CCCCN1CCCC1CC(O)c1ccccc1. The van der Waals surface area contributed by atoms with E-state index in [2.05, 4.69) is 4.90 Å². The number of carbonyl (C=O) groups is 1. The van der Waals surface area contributed by atoms with Crippen molar-refractivity contribution in [2.24, 2.45) is 0 Å². The molecule has 2 atom stereocenters. The molecule has 21 heavy (non-hydrogen) atoms. The summed E-state index contributed by atoms with van der Waals surface area (Å²) in [6.07, 6.45) is 4.57. The highest BCUT2D eigenvalue weighted by molar-refractivity contribution is 5.66. The van der Waals surface area contributed by atoms with Crippen molar-refractivity contribution in [1.29, 1.82) is 0 Å². The molecule has 1 saturated heterocycles. The number of rotatable bonds is 8. The minimum Gasteiger partial charge on any atom is -0.481 e. The van der Waals surface area contributed by atoms with Gasteiger partial charge >= 0.3 is 5.97 Å². The van der Waals surface area contributed by atoms with Crippen LogP contribution in [0.4, 0.5) is 0 Å². The molecule has 2 rings (SSSR count). The number of nitrogens with zero attached hydrogens (tertiary/aromatic N) is 1. The van der Waals surface area contributed by atoms with Crippen LogP contribution in [0.2, 0.25) is 0 Å². The number of hydrogen-bond acceptors (Lipinski definition) is 3. The first-order valence-corrected chi connectivity index (χ1v) is 7.85. The van der Waals surface area contributed by atoms with Crippen molar-refractivity contribution in [1.82, 2.24) is 4.90 Å². The lowest BCUT2D eigenvalue weighted by Crippen LogP contribution is -2.31. The number of unbranched alkanes of at least 4 members (excludes halogenated alkanes) is 1. The van der Waals surface area contributed by atoms with Gasteiger partial charge in [-0.2, -0.15) is 0 Å². The average Bonchev–Trinajstić information content (AvgIpc) is 2.91. The molecule has 2 unspecified atom stereocenters. The molecule has 0 saturated carbocycles. The van der Waals surface area contributed by atoms with Crippen molar-refractivity contribution in [3.8, 4) is 0 Å². The Kier molecular flexibility index (Phi) is 6.21. The van der Waals surface area contributed by atoms with Gasteiger partial charge in [-0.25, -0.2) is 0 Å². The second kappa shape index (κ2) is 8.15. The summed E-state index contributed by atoms with van der Waals surface area (Å²) in [6, 6.07) is 10.2. The fourth-order valence-electron chi connectivity index (χ4n) is 3.12. The van der Waals surface area contributed by atoms with Gasteiger partial charge in [0.05, 0.1) is 6.10 Å². The number of carboxylic acid groups (broad SMARTS) is 1. The standard InChI is InChI=1S/C17H25NO3/c19-16(14-7-2-1-3-8-14)13-15-9-6-12-18(15)11-5-4-10-17(20)21/h1-3,7-8,15-16,19H,4-6,9-13H2,(H,20,21). The van der Waals surface area contributed by atoms with E-state index in [1.807, 2.05) is 30.3 Å². The fraction of sp³-hybridized carbons (Fsp3) is 0.588. The van der Waals surface area contributed by atoms with Gasteiger partial charge in [-0.05, 0) is 50.8 Å². The molecule has 2 N–H and O–H groups in total. The quantitative estimate of drug-likeness (QED) is 0.723. The third-order valence-electron chi connectivity index (χ3n) is 4.26. The molecule has 116 valence electrons. The molecule has 0 aromatic heterocycles. The minimum absolute atomic E-state index is 0.255. The lowest BCUT2D eigenvalue weighted by molar-refractivity contribution is -0.137. The van der Waals surface area contributed by atoms with Gasteiger partial charge in [0, 0.05) is 12.5 Å². The summed E-state index contributed by atoms with van der Waals surface area (Å²) in [5, 5.41) is 19.0. The molecule has 1 aliphatic heterocycles. The van der Waals surface area contributed by atoms with Crippen LogP contribution in [0.3, 0.4) is 0 Å². The maximum Gasteiger partial charge on any atom is 0.303 e. The molecule has 0 amide bonds. The highest BCUT2D eigenvalue weighted by atomic mass is 16.4. The van der Waals surface area contributed by atoms with Crippen molar-refractivity contribution < 1.29 is 15.0 Å². The van der Waals surface area contributed by atoms with Crippen LogP contribution in [0.15, 0.2) is 30.3 Å². The Hall–Kier alpha value is -1.39. The van der Waals surface area contributed by atoms with Crippen molar-refractivity contribution >= 4 is 5.97 Å². The number of likely N-dealkylation sites (tertiary alicyclic amines) is 1. The Balaban J connectivity index is 1.77. The van der Waals surface area contributed by atoms with Gasteiger partial charge in [0.2, 0.25) is 0 Å². The summed E-state index contributed by atoms with van der Waals surface area (Å²) in [6.45, 7) is 2.01. The van der Waals surface area contributed by atoms with Crippen molar-refractivity contribution in [2.75, 3.05) is 13.1 Å². The van der Waals surface area contributed by atoms with Crippen LogP contribution in [0.1, 0.15) is 50.2 Å². The summed E-state index contributed by atoms with van der Waals surface area (Å²) in [5.41, 5.74) is 0.982. The molecule has 1 aromatic carbocycles. The molecule has 4 nitrogen and oxygen atoms in total. The molecule has 1 heterocycles. The topological polar surface area (TPSA) is 60.8 Å². The monoisotopic (exact) mass is 291 g/mol. The summed E-state index contributed by atoms with van der Waals surface area (Å²) < 4.78 is 0. The van der Waals surface area contributed by atoms with Crippen molar-refractivity contribution in [2.45, 2.75) is 50.7 Å². The van der Waals surface area contributed by atoms with Crippen LogP contribution in [-0.4, -0.2) is 40.2 Å². The highest BCUT2D eigenvalue weighted by Crippen LogP contribution is 2.27. The molecular weight excluding hydrogens is 266 g/mol. The molecular formula is C17H25NO3. The number of aliphatic hydroxyl groups excluding tert-OH is 1. The first-order valence-electron chi connectivity index (χ1n) is 7.85. The molecule has 0 radical (unpaired) electrons. The molecule has 1 aromatic rings. The van der Waals surface area contributed by atoms with Gasteiger partial charge in [0.25, 0.3) is 0 Å². The van der Waals surface area contributed by atoms with Crippen LogP contribution in [-0.2, 0) is 4.79 Å². The zero-order chi connectivity index (χ0) is 15.1. The maximum atomic E-state index is 10.5. The zero-order valence-corrected chi connectivity index (χ0v) is 12.4. The number of aliphatic carboxylic acids is 1. The largest absolute Gasteiger partial charge is 0.481 e. The fourth-order valence-corrected chi connectivity index (χ4v) is 3.12. The smallest absolute Gasteiger partial charge is 0.303 e. The van der Waals surface area contributed by atoms with Gasteiger partial charge in [0.1, 0.15) is 0 Å². The Morgan fingerprint density at radius 2 is 2.05 bits per heavy atom. The van der Waals surface area contributed by atoms with E-state index >= 15 is 0 Å². The van der Waals surface area contributed by atoms with Crippen LogP contribution in [0.5, 0.6) is 0 Å². The van der Waals surface area contributed by atoms with E-state index in [0.29, 0.717) is 6.04 Å². The maximum absolute atomic E-state index is 10.5. The van der Waals surface area contributed by atoms with Crippen LogP contribution in [0.25, 0.3) is 0 Å². The zero-order valence-electron chi connectivity index (χ0n) is 12.4. The summed E-state index contributed by atoms with van der Waals surface area (Å²) in [4.78, 5) is 12.9. The molecule has 0 aliphatic carbocycles. The average molecular weight is 291 g/mol. The summed E-state index contributed by atoms with van der Waals surface area (Å²) >= 11 is 0.